The fourth-order valence-corrected chi connectivity index (χ4v) is 4.55. The summed E-state index contributed by atoms with van der Waals surface area (Å²) in [5.74, 6) is 1.30. The zero-order valence-electron chi connectivity index (χ0n) is 19.2. The molecule has 9 heteroatoms. The van der Waals surface area contributed by atoms with Crippen molar-refractivity contribution < 1.29 is 18.3 Å². The molecule has 5 rings (SSSR count). The van der Waals surface area contributed by atoms with Crippen LogP contribution >= 0.6 is 0 Å². The van der Waals surface area contributed by atoms with E-state index in [9.17, 15) is 9.18 Å². The summed E-state index contributed by atoms with van der Waals surface area (Å²) in [6.07, 6.45) is 4.78. The summed E-state index contributed by atoms with van der Waals surface area (Å²) in [6, 6.07) is 7.92. The molecule has 0 unspecified atom stereocenters. The minimum atomic E-state index is -0.280. The lowest BCUT2D eigenvalue weighted by Gasteiger charge is -2.34. The molecular formula is C25H28FN5O3. The number of ether oxygens (including phenoxy) is 1. The molecule has 0 N–H and O–H groups in total. The molecule has 2 aliphatic rings. The summed E-state index contributed by atoms with van der Waals surface area (Å²) in [4.78, 5) is 31.1. The van der Waals surface area contributed by atoms with Crippen LogP contribution in [0, 0.1) is 12.7 Å². The topological polar surface area (TPSA) is 84.6 Å². The number of benzene rings is 1. The van der Waals surface area contributed by atoms with Crippen molar-refractivity contribution in [3.05, 3.63) is 70.9 Å². The van der Waals surface area contributed by atoms with Crippen LogP contribution in [0.25, 0.3) is 0 Å². The van der Waals surface area contributed by atoms with Crippen LogP contribution in [0.2, 0.25) is 0 Å². The Morgan fingerprint density at radius 1 is 1.15 bits per heavy atom. The third-order valence-corrected chi connectivity index (χ3v) is 6.24. The van der Waals surface area contributed by atoms with E-state index < -0.39 is 0 Å². The minimum absolute atomic E-state index is 0.144. The van der Waals surface area contributed by atoms with Crippen LogP contribution < -0.4 is 4.90 Å². The summed E-state index contributed by atoms with van der Waals surface area (Å²) in [7, 11) is 0. The Kier molecular flexibility index (Phi) is 6.53. The number of nitrogens with zero attached hydrogens (tertiary/aromatic N) is 5. The molecule has 2 fully saturated rings. The van der Waals surface area contributed by atoms with Crippen LogP contribution in [-0.4, -0.2) is 58.6 Å². The first-order valence-corrected chi connectivity index (χ1v) is 11.8. The van der Waals surface area contributed by atoms with E-state index in [0.29, 0.717) is 62.6 Å². The van der Waals surface area contributed by atoms with Gasteiger partial charge in [-0.1, -0.05) is 12.1 Å². The first-order chi connectivity index (χ1) is 16.6. The normalized spacial score (nSPS) is 18.8. The summed E-state index contributed by atoms with van der Waals surface area (Å²) in [5, 5.41) is 0. The summed E-state index contributed by atoms with van der Waals surface area (Å²) >= 11 is 0. The second-order valence-electron chi connectivity index (χ2n) is 8.78. The summed E-state index contributed by atoms with van der Waals surface area (Å²) in [6.45, 7) is 5.14. The molecule has 1 atom stereocenters. The van der Waals surface area contributed by atoms with E-state index in [1.54, 1.807) is 18.3 Å². The lowest BCUT2D eigenvalue weighted by Crippen LogP contribution is -2.40. The van der Waals surface area contributed by atoms with Crippen LogP contribution in [0.3, 0.4) is 0 Å². The van der Waals surface area contributed by atoms with Crippen molar-refractivity contribution in [2.75, 3.05) is 37.7 Å². The number of hydrogen-bond donors (Lipinski definition) is 0. The molecule has 4 heterocycles. The third-order valence-electron chi connectivity index (χ3n) is 6.24. The van der Waals surface area contributed by atoms with Gasteiger partial charge in [-0.25, -0.2) is 19.3 Å². The Morgan fingerprint density at radius 3 is 2.82 bits per heavy atom. The Morgan fingerprint density at radius 2 is 2.00 bits per heavy atom. The van der Waals surface area contributed by atoms with E-state index >= 15 is 0 Å². The molecule has 34 heavy (non-hydrogen) atoms. The zero-order valence-corrected chi connectivity index (χ0v) is 19.2. The molecule has 0 aliphatic carbocycles. The molecule has 1 amide bonds. The number of carbonyl (C=O) groups is 1. The SMILES string of the molecule is Cc1cc(C(=O)N2CCCC[C@@H]2c2ncc(Cc3cccc(F)c3)o2)nc(N2CCOCC2)n1. The molecule has 2 aliphatic heterocycles. The average Bonchev–Trinajstić information content (AvgIpc) is 3.32. The quantitative estimate of drug-likeness (QED) is 0.568. The summed E-state index contributed by atoms with van der Waals surface area (Å²) in [5.41, 5.74) is 1.95. The second-order valence-corrected chi connectivity index (χ2v) is 8.78. The van der Waals surface area contributed by atoms with Gasteiger partial charge in [0.2, 0.25) is 11.8 Å². The van der Waals surface area contributed by atoms with Crippen LogP contribution in [-0.2, 0) is 11.2 Å². The Labute approximate surface area is 197 Å². The van der Waals surface area contributed by atoms with Crippen LogP contribution in [0.1, 0.15) is 58.7 Å². The molecule has 8 nitrogen and oxygen atoms in total. The van der Waals surface area contributed by atoms with Crippen LogP contribution in [0.5, 0.6) is 0 Å². The lowest BCUT2D eigenvalue weighted by atomic mass is 10.0. The number of likely N-dealkylation sites (tertiary alicyclic amines) is 1. The molecule has 1 aromatic carbocycles. The maximum atomic E-state index is 13.6. The highest BCUT2D eigenvalue weighted by molar-refractivity contribution is 5.93. The number of carbonyl (C=O) groups excluding carboxylic acids is 1. The van der Waals surface area contributed by atoms with E-state index in [2.05, 4.69) is 15.0 Å². The van der Waals surface area contributed by atoms with Crippen molar-refractivity contribution in [2.45, 2.75) is 38.6 Å². The van der Waals surface area contributed by atoms with Gasteiger partial charge in [0.25, 0.3) is 5.91 Å². The van der Waals surface area contributed by atoms with Crippen molar-refractivity contribution in [3.8, 4) is 0 Å². The molecule has 0 spiro atoms. The molecular weight excluding hydrogens is 437 g/mol. The molecule has 0 bridgehead atoms. The molecule has 2 aromatic heterocycles. The maximum Gasteiger partial charge on any atom is 0.273 e. The van der Waals surface area contributed by atoms with E-state index in [1.807, 2.05) is 22.8 Å². The lowest BCUT2D eigenvalue weighted by molar-refractivity contribution is 0.0563. The number of morpholine rings is 1. The molecule has 3 aromatic rings. The standard InChI is InChI=1S/C25H28FN5O3/c1-17-13-21(29-25(28-17)30-9-11-33-12-10-30)24(32)31-8-3-2-7-22(31)23-27-16-20(34-23)15-18-5-4-6-19(26)14-18/h4-6,13-14,16,22H,2-3,7-12,15H2,1H3/t22-/m1/s1. The predicted octanol–water partition coefficient (Wildman–Crippen LogP) is 3.71. The number of piperidine rings is 1. The predicted molar refractivity (Wildman–Crippen MR) is 123 cm³/mol. The van der Waals surface area contributed by atoms with Gasteiger partial charge in [-0.2, -0.15) is 0 Å². The second kappa shape index (κ2) is 9.89. The van der Waals surface area contributed by atoms with Crippen molar-refractivity contribution >= 4 is 11.9 Å². The van der Waals surface area contributed by atoms with Gasteiger partial charge < -0.3 is 19.0 Å². The van der Waals surface area contributed by atoms with E-state index in [-0.39, 0.29) is 17.8 Å². The molecule has 178 valence electrons. The van der Waals surface area contributed by atoms with Gasteiger partial charge in [0, 0.05) is 31.7 Å². The van der Waals surface area contributed by atoms with Crippen LogP contribution in [0.15, 0.2) is 40.9 Å². The van der Waals surface area contributed by atoms with Gasteiger partial charge in [-0.3, -0.25) is 4.79 Å². The van der Waals surface area contributed by atoms with Gasteiger partial charge in [-0.05, 0) is 49.9 Å². The van der Waals surface area contributed by atoms with Crippen molar-refractivity contribution in [1.29, 1.82) is 0 Å². The molecule has 2 saturated heterocycles. The molecule has 0 saturated carbocycles. The monoisotopic (exact) mass is 465 g/mol. The molecule has 0 radical (unpaired) electrons. The first-order valence-electron chi connectivity index (χ1n) is 11.8. The number of halogens is 1. The smallest absolute Gasteiger partial charge is 0.273 e. The largest absolute Gasteiger partial charge is 0.443 e. The maximum absolute atomic E-state index is 13.6. The zero-order chi connectivity index (χ0) is 23.5. The van der Waals surface area contributed by atoms with Gasteiger partial charge in [-0.15, -0.1) is 0 Å². The summed E-state index contributed by atoms with van der Waals surface area (Å²) < 4.78 is 25.0. The van der Waals surface area contributed by atoms with Crippen molar-refractivity contribution in [2.24, 2.45) is 0 Å². The van der Waals surface area contributed by atoms with Gasteiger partial charge in [0.1, 0.15) is 23.3 Å². The average molecular weight is 466 g/mol. The first kappa shape index (κ1) is 22.5. The number of aryl methyl sites for hydroxylation is 1. The Bertz CT molecular complexity index is 1160. The van der Waals surface area contributed by atoms with E-state index in [1.165, 1.54) is 12.1 Å². The van der Waals surface area contributed by atoms with E-state index in [4.69, 9.17) is 9.15 Å². The van der Waals surface area contributed by atoms with E-state index in [0.717, 1.165) is 30.5 Å². The van der Waals surface area contributed by atoms with Crippen LogP contribution in [0.4, 0.5) is 10.3 Å². The number of hydrogen-bond acceptors (Lipinski definition) is 7. The van der Waals surface area contributed by atoms with Crippen molar-refractivity contribution in [1.82, 2.24) is 19.9 Å². The number of rotatable bonds is 5. The van der Waals surface area contributed by atoms with Gasteiger partial charge in [0.05, 0.1) is 19.4 Å². The van der Waals surface area contributed by atoms with Gasteiger partial charge in [0.15, 0.2) is 0 Å². The highest BCUT2D eigenvalue weighted by Gasteiger charge is 2.33. The number of amides is 1. The Balaban J connectivity index is 1.36. The Hall–Kier alpha value is -3.33. The van der Waals surface area contributed by atoms with Crippen molar-refractivity contribution in [3.63, 3.8) is 0 Å². The number of aromatic nitrogens is 3. The number of anilines is 1. The fourth-order valence-electron chi connectivity index (χ4n) is 4.55. The van der Waals surface area contributed by atoms with Gasteiger partial charge >= 0.3 is 0 Å². The highest BCUT2D eigenvalue weighted by Crippen LogP contribution is 2.32. The fraction of sp³-hybridized carbons (Fsp3) is 0.440. The number of oxazole rings is 1. The highest BCUT2D eigenvalue weighted by atomic mass is 19.1. The third kappa shape index (κ3) is 4.94. The minimum Gasteiger partial charge on any atom is -0.443 e.